The fourth-order valence-corrected chi connectivity index (χ4v) is 11.3. The van der Waals surface area contributed by atoms with Gasteiger partial charge in [0.15, 0.2) is 11.9 Å². The van der Waals surface area contributed by atoms with E-state index in [2.05, 4.69) is 25.9 Å². The summed E-state index contributed by atoms with van der Waals surface area (Å²) in [5, 5.41) is 21.1. The standard InChI is InChI=1S/C47H68N7O12PS3/c1-9-29(4)42(52-44(58)36-15-11-13-21-53(36)7)46(59)54(8)37(28(2)3)26-39(65-31(6)55)45-51-35(27-68-45)43(57)49-33(23-30(5)47(60)61)24-32-18-19-38(66-67(62,63)64)34(25-32)50-40(56)16-14-22-69-70-41-17-10-12-20-48-41/h10,12,17-20,25,27-30,33,36-37,39,42H,9,11,13-16,21-24,26H2,1-8H3,(H,49,57)(H,50,56)(H,52,58)(H,60,61)(H2,62,63,64)/t29-,30?,33+,36+,37+,39+,42?/m0/s1. The fraction of sp³-hybridized carbons (Fsp3) is 0.574. The Bertz CT molecular complexity index is 2290. The van der Waals surface area contributed by atoms with Gasteiger partial charge < -0.3 is 35.2 Å². The number of phosphoric ester groups is 1. The molecule has 0 saturated carbocycles. The number of piperidine rings is 1. The molecular formula is C47H68N7O12PS3. The Morgan fingerprint density at radius 2 is 1.79 bits per heavy atom. The van der Waals surface area contributed by atoms with Gasteiger partial charge in [-0.05, 0) is 98.2 Å². The first kappa shape index (κ1) is 58.0. The topological polar surface area (TPSA) is 267 Å². The van der Waals surface area contributed by atoms with Crippen LogP contribution in [0.2, 0.25) is 0 Å². The molecule has 1 aliphatic rings. The van der Waals surface area contributed by atoms with Crippen LogP contribution in [0.3, 0.4) is 0 Å². The van der Waals surface area contributed by atoms with Crippen molar-refractivity contribution >= 4 is 82.0 Å². The van der Waals surface area contributed by atoms with E-state index in [4.69, 9.17) is 9.26 Å². The number of nitrogens with zero attached hydrogens (tertiary/aromatic N) is 4. The zero-order valence-electron chi connectivity index (χ0n) is 41.0. The second-order valence-electron chi connectivity index (χ2n) is 18.0. The number of aliphatic carboxylic acids is 1. The molecule has 1 fully saturated rings. The average molecular weight is 1050 g/mol. The van der Waals surface area contributed by atoms with Crippen LogP contribution in [0.5, 0.6) is 5.75 Å². The highest BCUT2D eigenvalue weighted by molar-refractivity contribution is 8.76. The van der Waals surface area contributed by atoms with E-state index in [9.17, 15) is 48.2 Å². The zero-order chi connectivity index (χ0) is 51.7. The molecule has 3 aromatic rings. The number of hydrogen-bond donors (Lipinski definition) is 6. The largest absolute Gasteiger partial charge is 0.524 e. The van der Waals surface area contributed by atoms with E-state index in [1.165, 1.54) is 59.0 Å². The summed E-state index contributed by atoms with van der Waals surface area (Å²) < 4.78 is 22.6. The molecule has 386 valence electrons. The van der Waals surface area contributed by atoms with Crippen molar-refractivity contribution in [1.82, 2.24) is 30.4 Å². The summed E-state index contributed by atoms with van der Waals surface area (Å²) in [6.07, 6.45) is 4.70. The fourth-order valence-electron chi connectivity index (χ4n) is 8.04. The summed E-state index contributed by atoms with van der Waals surface area (Å²) in [4.78, 5) is 111. The third-order valence-electron chi connectivity index (χ3n) is 12.1. The van der Waals surface area contributed by atoms with Crippen molar-refractivity contribution < 1.29 is 57.5 Å². The van der Waals surface area contributed by atoms with E-state index in [1.54, 1.807) is 18.1 Å². The summed E-state index contributed by atoms with van der Waals surface area (Å²) in [5.74, 6) is -4.16. The second kappa shape index (κ2) is 27.9. The number of nitrogens with one attached hydrogen (secondary N) is 3. The highest BCUT2D eigenvalue weighted by Crippen LogP contribution is 2.42. The maximum Gasteiger partial charge on any atom is 0.524 e. The predicted molar refractivity (Wildman–Crippen MR) is 270 cm³/mol. The molecule has 0 aliphatic carbocycles. The lowest BCUT2D eigenvalue weighted by atomic mass is 9.92. The molecule has 4 amide bonds. The molecule has 2 unspecified atom stereocenters. The van der Waals surface area contributed by atoms with E-state index < -0.39 is 61.7 Å². The van der Waals surface area contributed by atoms with Gasteiger partial charge in [0.1, 0.15) is 21.8 Å². The normalized spacial score (nSPS) is 16.8. The van der Waals surface area contributed by atoms with Gasteiger partial charge in [-0.3, -0.25) is 43.5 Å². The molecule has 2 aromatic heterocycles. The number of phosphoric acid groups is 1. The molecule has 6 N–H and O–H groups in total. The van der Waals surface area contributed by atoms with Gasteiger partial charge in [-0.25, -0.2) is 14.5 Å². The van der Waals surface area contributed by atoms with Crippen LogP contribution < -0.4 is 20.5 Å². The molecule has 23 heteroatoms. The molecule has 70 heavy (non-hydrogen) atoms. The number of benzene rings is 1. The Labute approximate surface area is 422 Å². The minimum absolute atomic E-state index is 0.0298. The number of aromatic nitrogens is 2. The predicted octanol–water partition coefficient (Wildman–Crippen LogP) is 7.11. The molecule has 4 rings (SSSR count). The molecule has 7 atom stereocenters. The van der Waals surface area contributed by atoms with E-state index >= 15 is 0 Å². The number of carboxylic acids is 1. The van der Waals surface area contributed by atoms with Gasteiger partial charge >= 0.3 is 19.8 Å². The summed E-state index contributed by atoms with van der Waals surface area (Å²) in [7, 11) is 1.53. The number of anilines is 1. The highest BCUT2D eigenvalue weighted by atomic mass is 33.1. The number of hydrogen-bond acceptors (Lipinski definition) is 15. The van der Waals surface area contributed by atoms with Gasteiger partial charge in [0.2, 0.25) is 17.7 Å². The number of likely N-dealkylation sites (N-methyl/N-ethyl adjacent to an activating group) is 2. The minimum Gasteiger partial charge on any atom is -0.481 e. The Hall–Kier alpha value is -4.57. The van der Waals surface area contributed by atoms with Gasteiger partial charge in [-0.2, -0.15) is 0 Å². The van der Waals surface area contributed by atoms with Gasteiger partial charge in [-0.1, -0.05) is 70.4 Å². The maximum absolute atomic E-state index is 14.3. The van der Waals surface area contributed by atoms with Crippen molar-refractivity contribution in [2.75, 3.05) is 31.7 Å². The quantitative estimate of drug-likeness (QED) is 0.0192. The first-order valence-corrected chi connectivity index (χ1v) is 28.1. The minimum atomic E-state index is -5.05. The number of carbonyl (C=O) groups excluding carboxylic acids is 5. The van der Waals surface area contributed by atoms with Crippen LogP contribution in [0.1, 0.15) is 120 Å². The van der Waals surface area contributed by atoms with Crippen molar-refractivity contribution in [3.8, 4) is 5.75 Å². The van der Waals surface area contributed by atoms with E-state index in [0.717, 1.165) is 35.7 Å². The maximum atomic E-state index is 14.3. The monoisotopic (exact) mass is 1050 g/mol. The second-order valence-corrected chi connectivity index (χ2v) is 22.5. The summed E-state index contributed by atoms with van der Waals surface area (Å²) in [5.41, 5.74) is 0.415. The molecule has 1 saturated heterocycles. The van der Waals surface area contributed by atoms with Crippen LogP contribution in [-0.2, 0) is 39.7 Å². The number of carboxylic acid groups (broad SMARTS) is 1. The SMILES string of the molecule is CC[C@H](C)C(NC(=O)[C@H]1CCCCN1C)C(=O)N(C)[C@H](C[C@@H](OC(C)=O)c1nc(C(=O)N[C@@H](Cc2ccc(OP(=O)(O)O)c(NC(=O)CCCSSc3ccccn3)c2)CC(C)C(=O)O)cs1)C(C)C. The van der Waals surface area contributed by atoms with Crippen LogP contribution in [-0.4, -0.2) is 121 Å². The van der Waals surface area contributed by atoms with Gasteiger partial charge in [0, 0.05) is 56.2 Å². The molecule has 0 bridgehead atoms. The van der Waals surface area contributed by atoms with E-state index in [-0.39, 0.29) is 72.5 Å². The lowest BCUT2D eigenvalue weighted by molar-refractivity contribution is -0.149. The number of thiazole rings is 1. The van der Waals surface area contributed by atoms with Crippen LogP contribution in [0, 0.1) is 17.8 Å². The third-order valence-corrected chi connectivity index (χ3v) is 15.8. The van der Waals surface area contributed by atoms with Crippen LogP contribution in [0.4, 0.5) is 5.69 Å². The average Bonchev–Trinajstić information content (AvgIpc) is 3.80. The van der Waals surface area contributed by atoms with Crippen LogP contribution >= 0.6 is 40.7 Å². The van der Waals surface area contributed by atoms with Crippen molar-refractivity contribution in [2.24, 2.45) is 17.8 Å². The number of esters is 1. The van der Waals surface area contributed by atoms with Crippen molar-refractivity contribution in [3.63, 3.8) is 0 Å². The van der Waals surface area contributed by atoms with E-state index in [1.807, 2.05) is 57.8 Å². The van der Waals surface area contributed by atoms with Crippen molar-refractivity contribution in [2.45, 2.75) is 135 Å². The molecule has 19 nitrogen and oxygen atoms in total. The first-order valence-electron chi connectivity index (χ1n) is 23.4. The van der Waals surface area contributed by atoms with Crippen LogP contribution in [0.25, 0.3) is 0 Å². The van der Waals surface area contributed by atoms with Crippen molar-refractivity contribution in [1.29, 1.82) is 0 Å². The Balaban J connectivity index is 1.52. The molecular weight excluding hydrogens is 982 g/mol. The number of carbonyl (C=O) groups is 6. The van der Waals surface area contributed by atoms with Gasteiger partial charge in [0.25, 0.3) is 5.91 Å². The third kappa shape index (κ3) is 18.6. The molecule has 1 aliphatic heterocycles. The van der Waals surface area contributed by atoms with Gasteiger partial charge in [0.05, 0.1) is 17.6 Å². The zero-order valence-corrected chi connectivity index (χ0v) is 44.3. The number of rotatable bonds is 27. The Kier molecular flexibility index (Phi) is 23.1. The summed E-state index contributed by atoms with van der Waals surface area (Å²) in [6.45, 7) is 11.3. The lowest BCUT2D eigenvalue weighted by Crippen LogP contribution is -2.58. The first-order chi connectivity index (χ1) is 33.1. The molecule has 0 spiro atoms. The molecule has 1 aromatic carbocycles. The van der Waals surface area contributed by atoms with Crippen molar-refractivity contribution in [3.05, 3.63) is 64.2 Å². The lowest BCUT2D eigenvalue weighted by Gasteiger charge is -2.38. The highest BCUT2D eigenvalue weighted by Gasteiger charge is 2.37. The number of likely N-dealkylation sites (tertiary alicyclic amines) is 1. The molecule has 3 heterocycles. The number of amides is 4. The summed E-state index contributed by atoms with van der Waals surface area (Å²) >= 11 is 1.08. The number of pyridine rings is 1. The van der Waals surface area contributed by atoms with E-state index in [0.29, 0.717) is 35.6 Å². The Morgan fingerprint density at radius 3 is 2.41 bits per heavy atom. The summed E-state index contributed by atoms with van der Waals surface area (Å²) in [6, 6.07) is 7.34. The molecule has 0 radical (unpaired) electrons. The smallest absolute Gasteiger partial charge is 0.481 e. The Morgan fingerprint density at radius 1 is 1.04 bits per heavy atom. The number of ether oxygens (including phenoxy) is 1. The van der Waals surface area contributed by atoms with Crippen LogP contribution in [0.15, 0.2) is 53.0 Å². The van der Waals surface area contributed by atoms with Gasteiger partial charge in [-0.15, -0.1) is 11.3 Å².